The van der Waals surface area contributed by atoms with Crippen LogP contribution in [0.1, 0.15) is 13.3 Å². The summed E-state index contributed by atoms with van der Waals surface area (Å²) in [6.07, 6.45) is 0.211. The van der Waals surface area contributed by atoms with Crippen LogP contribution in [-0.2, 0) is 9.59 Å². The van der Waals surface area contributed by atoms with E-state index in [2.05, 4.69) is 0 Å². The number of aliphatic carboxylic acids is 1. The van der Waals surface area contributed by atoms with Crippen LogP contribution in [0, 0.1) is 5.41 Å². The van der Waals surface area contributed by atoms with Gasteiger partial charge in [0, 0.05) is 6.42 Å². The topological polar surface area (TPSA) is 54.4 Å². The number of hydrogen-bond acceptors (Lipinski definition) is 2. The molecular formula is C5H6O3. The molecule has 0 aromatic carbocycles. The number of Topliss-reactive ketones (excluding diaryl/α,β-unsaturated/α-hetero) is 1. The second kappa shape index (κ2) is 1.10. The van der Waals surface area contributed by atoms with Crippen LogP contribution in [0.5, 0.6) is 0 Å². The van der Waals surface area contributed by atoms with Crippen LogP contribution in [0.25, 0.3) is 0 Å². The molecule has 0 radical (unpaired) electrons. The van der Waals surface area contributed by atoms with E-state index in [4.69, 9.17) is 5.11 Å². The predicted molar refractivity (Wildman–Crippen MR) is 25.4 cm³/mol. The maximum absolute atomic E-state index is 10.3. The van der Waals surface area contributed by atoms with Gasteiger partial charge in [-0.15, -0.1) is 0 Å². The van der Waals surface area contributed by atoms with E-state index in [1.807, 2.05) is 0 Å². The molecule has 1 aliphatic carbocycles. The van der Waals surface area contributed by atoms with Crippen molar-refractivity contribution < 1.29 is 14.7 Å². The first-order valence-electron chi connectivity index (χ1n) is 2.34. The zero-order chi connectivity index (χ0) is 6.36. The van der Waals surface area contributed by atoms with E-state index in [1.54, 1.807) is 0 Å². The van der Waals surface area contributed by atoms with Gasteiger partial charge >= 0.3 is 5.97 Å². The summed E-state index contributed by atoms with van der Waals surface area (Å²) < 4.78 is 0. The van der Waals surface area contributed by atoms with E-state index in [0.29, 0.717) is 0 Å². The fourth-order valence-electron chi connectivity index (χ4n) is 0.472. The molecular weight excluding hydrogens is 108 g/mol. The van der Waals surface area contributed by atoms with Gasteiger partial charge in [0.25, 0.3) is 0 Å². The molecule has 0 amide bonds. The Balaban J connectivity index is 2.73. The molecule has 0 bridgehead atoms. The maximum Gasteiger partial charge on any atom is 0.317 e. The Kier molecular flexibility index (Phi) is 0.726. The third kappa shape index (κ3) is 0.441. The normalized spacial score (nSPS) is 34.9. The molecule has 44 valence electrons. The largest absolute Gasteiger partial charge is 0.480 e. The van der Waals surface area contributed by atoms with Gasteiger partial charge < -0.3 is 5.11 Å². The zero-order valence-electron chi connectivity index (χ0n) is 4.47. The molecule has 1 saturated carbocycles. The van der Waals surface area contributed by atoms with Crippen LogP contribution >= 0.6 is 0 Å². The van der Waals surface area contributed by atoms with Crippen LogP contribution in [-0.4, -0.2) is 16.9 Å². The lowest BCUT2D eigenvalue weighted by Gasteiger charge is -1.92. The molecule has 0 spiro atoms. The van der Waals surface area contributed by atoms with E-state index < -0.39 is 11.4 Å². The van der Waals surface area contributed by atoms with E-state index in [0.717, 1.165) is 0 Å². The van der Waals surface area contributed by atoms with E-state index >= 15 is 0 Å². The zero-order valence-corrected chi connectivity index (χ0v) is 4.47. The third-order valence-corrected chi connectivity index (χ3v) is 1.48. The average Bonchev–Trinajstić information content (AvgIpc) is 2.17. The van der Waals surface area contributed by atoms with Gasteiger partial charge in [0.15, 0.2) is 5.78 Å². The van der Waals surface area contributed by atoms with Gasteiger partial charge in [-0.25, -0.2) is 0 Å². The molecule has 1 N–H and O–H groups in total. The van der Waals surface area contributed by atoms with Crippen LogP contribution in [0.4, 0.5) is 0 Å². The number of carboxylic acids is 1. The van der Waals surface area contributed by atoms with Crippen molar-refractivity contribution in [2.75, 3.05) is 0 Å². The molecule has 0 aromatic rings. The summed E-state index contributed by atoms with van der Waals surface area (Å²) in [5.41, 5.74) is -1.01. The maximum atomic E-state index is 10.3. The highest BCUT2D eigenvalue weighted by atomic mass is 16.4. The molecule has 3 nitrogen and oxygen atoms in total. The van der Waals surface area contributed by atoms with Gasteiger partial charge in [-0.1, -0.05) is 0 Å². The minimum Gasteiger partial charge on any atom is -0.480 e. The van der Waals surface area contributed by atoms with Crippen molar-refractivity contribution in [3.8, 4) is 0 Å². The van der Waals surface area contributed by atoms with Crippen molar-refractivity contribution in [3.05, 3.63) is 0 Å². The van der Waals surface area contributed by atoms with Crippen molar-refractivity contribution in [3.63, 3.8) is 0 Å². The Morgan fingerprint density at radius 3 is 2.25 bits per heavy atom. The molecule has 0 heterocycles. The van der Waals surface area contributed by atoms with E-state index in [-0.39, 0.29) is 12.2 Å². The highest BCUT2D eigenvalue weighted by molar-refractivity contribution is 6.16. The van der Waals surface area contributed by atoms with E-state index in [1.165, 1.54) is 6.92 Å². The van der Waals surface area contributed by atoms with Crippen molar-refractivity contribution in [1.82, 2.24) is 0 Å². The molecule has 8 heavy (non-hydrogen) atoms. The summed E-state index contributed by atoms with van der Waals surface area (Å²) in [4.78, 5) is 20.3. The number of carbonyl (C=O) groups is 2. The Morgan fingerprint density at radius 2 is 2.25 bits per heavy atom. The van der Waals surface area contributed by atoms with E-state index in [9.17, 15) is 9.59 Å². The van der Waals surface area contributed by atoms with Gasteiger partial charge in [0.05, 0.1) is 0 Å². The predicted octanol–water partition coefficient (Wildman–Crippen LogP) is 0.0501. The molecule has 1 unspecified atom stereocenters. The molecule has 3 heteroatoms. The summed E-state index contributed by atoms with van der Waals surface area (Å²) in [5, 5.41) is 8.26. The molecule has 0 saturated heterocycles. The van der Waals surface area contributed by atoms with Crippen LogP contribution in [0.3, 0.4) is 0 Å². The summed E-state index contributed by atoms with van der Waals surface area (Å²) in [6, 6.07) is 0. The smallest absolute Gasteiger partial charge is 0.317 e. The summed E-state index contributed by atoms with van der Waals surface area (Å²) in [6.45, 7) is 1.44. The number of hydrogen-bond donors (Lipinski definition) is 1. The first-order chi connectivity index (χ1) is 3.57. The Labute approximate surface area is 46.3 Å². The fourth-order valence-corrected chi connectivity index (χ4v) is 0.472. The van der Waals surface area contributed by atoms with Crippen LogP contribution in [0.15, 0.2) is 0 Å². The number of carboxylic acid groups (broad SMARTS) is 1. The lowest BCUT2D eigenvalue weighted by Crippen LogP contribution is -2.12. The molecule has 1 fully saturated rings. The number of carbonyl (C=O) groups excluding carboxylic acids is 1. The Morgan fingerprint density at radius 1 is 1.88 bits per heavy atom. The summed E-state index contributed by atoms with van der Waals surface area (Å²) in [5.74, 6) is -1.16. The van der Waals surface area contributed by atoms with Crippen molar-refractivity contribution in [2.45, 2.75) is 13.3 Å². The fraction of sp³-hybridized carbons (Fsp3) is 0.600. The van der Waals surface area contributed by atoms with Gasteiger partial charge in [0.1, 0.15) is 5.41 Å². The standard InChI is InChI=1S/C5H6O3/c1-5(4(7)8)2-3(5)6/h2H2,1H3,(H,7,8). The van der Waals surface area contributed by atoms with Gasteiger partial charge in [0.2, 0.25) is 0 Å². The SMILES string of the molecule is CC1(C(=O)O)CC1=O. The first kappa shape index (κ1) is 5.28. The minimum atomic E-state index is -1.01. The molecule has 1 atom stereocenters. The second-order valence-electron chi connectivity index (χ2n) is 2.24. The van der Waals surface area contributed by atoms with Gasteiger partial charge in [-0.05, 0) is 6.92 Å². The lowest BCUT2D eigenvalue weighted by molar-refractivity contribution is -0.143. The minimum absolute atomic E-state index is 0.162. The molecule has 1 rings (SSSR count). The highest BCUT2D eigenvalue weighted by Crippen LogP contribution is 2.40. The Hall–Kier alpha value is -0.860. The van der Waals surface area contributed by atoms with Gasteiger partial charge in [-0.2, -0.15) is 0 Å². The summed E-state index contributed by atoms with van der Waals surface area (Å²) >= 11 is 0. The second-order valence-corrected chi connectivity index (χ2v) is 2.24. The first-order valence-corrected chi connectivity index (χ1v) is 2.34. The lowest BCUT2D eigenvalue weighted by atomic mass is 10.1. The third-order valence-electron chi connectivity index (χ3n) is 1.48. The average molecular weight is 114 g/mol. The van der Waals surface area contributed by atoms with Crippen LogP contribution < -0.4 is 0 Å². The van der Waals surface area contributed by atoms with Crippen molar-refractivity contribution in [2.24, 2.45) is 5.41 Å². The van der Waals surface area contributed by atoms with Gasteiger partial charge in [-0.3, -0.25) is 9.59 Å². The van der Waals surface area contributed by atoms with Crippen LogP contribution in [0.2, 0.25) is 0 Å². The molecule has 0 aliphatic heterocycles. The monoisotopic (exact) mass is 114 g/mol. The molecule has 0 aromatic heterocycles. The number of rotatable bonds is 1. The van der Waals surface area contributed by atoms with Crippen molar-refractivity contribution >= 4 is 11.8 Å². The quantitative estimate of drug-likeness (QED) is 0.490. The summed E-state index contributed by atoms with van der Waals surface area (Å²) in [7, 11) is 0. The Bertz CT molecular complexity index is 161. The highest BCUT2D eigenvalue weighted by Gasteiger charge is 2.56. The van der Waals surface area contributed by atoms with Crippen molar-refractivity contribution in [1.29, 1.82) is 0 Å². The molecule has 1 aliphatic rings. The number of ketones is 1.